The van der Waals surface area contributed by atoms with E-state index in [1.54, 1.807) is 30.3 Å². The molecule has 0 saturated carbocycles. The van der Waals surface area contributed by atoms with Crippen molar-refractivity contribution in [1.29, 1.82) is 0 Å². The molecule has 0 saturated heterocycles. The van der Waals surface area contributed by atoms with Gasteiger partial charge in [-0.2, -0.15) is 0 Å². The van der Waals surface area contributed by atoms with Crippen molar-refractivity contribution in [1.82, 2.24) is 0 Å². The Bertz CT molecular complexity index is 608. The number of rotatable bonds is 4. The van der Waals surface area contributed by atoms with Crippen LogP contribution in [-0.4, -0.2) is 12.9 Å². The van der Waals surface area contributed by atoms with Crippen molar-refractivity contribution in [2.75, 3.05) is 7.11 Å². The molecule has 0 fully saturated rings. The fourth-order valence-electron chi connectivity index (χ4n) is 1.76. The summed E-state index contributed by atoms with van der Waals surface area (Å²) in [6.07, 6.45) is 0. The Hall–Kier alpha value is -2.36. The zero-order chi connectivity index (χ0) is 13.8. The minimum absolute atomic E-state index is 0.0678. The molecule has 0 amide bonds. The van der Waals surface area contributed by atoms with Crippen LogP contribution in [0.2, 0.25) is 0 Å². The van der Waals surface area contributed by atoms with Crippen molar-refractivity contribution in [3.63, 3.8) is 0 Å². The second kappa shape index (κ2) is 5.52. The van der Waals surface area contributed by atoms with Crippen LogP contribution in [0.3, 0.4) is 0 Å². The fraction of sp³-hybridized carbons (Fsp3) is 0.133. The van der Waals surface area contributed by atoms with E-state index in [4.69, 9.17) is 9.47 Å². The van der Waals surface area contributed by atoms with Gasteiger partial charge in [0.1, 0.15) is 17.1 Å². The van der Waals surface area contributed by atoms with Gasteiger partial charge in [-0.25, -0.2) is 4.39 Å². The van der Waals surface area contributed by atoms with Gasteiger partial charge in [-0.15, -0.1) is 0 Å². The quantitative estimate of drug-likeness (QED) is 0.784. The van der Waals surface area contributed by atoms with Crippen LogP contribution < -0.4 is 9.47 Å². The Balaban J connectivity index is 2.46. The number of hydrogen-bond acceptors (Lipinski definition) is 3. The molecule has 2 aromatic rings. The van der Waals surface area contributed by atoms with Gasteiger partial charge < -0.3 is 9.47 Å². The standard InChI is InChI=1S/C15H13FO3/c1-10(17)15-13(18-2)8-5-9-14(15)19-12-7-4-3-6-11(12)16/h3-9H,1-2H3. The first-order valence-electron chi connectivity index (χ1n) is 5.74. The van der Waals surface area contributed by atoms with Crippen LogP contribution in [0.1, 0.15) is 17.3 Å². The first-order valence-corrected chi connectivity index (χ1v) is 5.74. The highest BCUT2D eigenvalue weighted by atomic mass is 19.1. The van der Waals surface area contributed by atoms with Gasteiger partial charge in [0.05, 0.1) is 7.11 Å². The van der Waals surface area contributed by atoms with Crippen LogP contribution in [0, 0.1) is 5.82 Å². The predicted octanol–water partition coefficient (Wildman–Crippen LogP) is 3.83. The highest BCUT2D eigenvalue weighted by Gasteiger charge is 2.16. The summed E-state index contributed by atoms with van der Waals surface area (Å²) >= 11 is 0. The summed E-state index contributed by atoms with van der Waals surface area (Å²) in [5.41, 5.74) is 0.299. The maximum Gasteiger partial charge on any atom is 0.167 e. The third-order valence-electron chi connectivity index (χ3n) is 2.62. The molecule has 0 radical (unpaired) electrons. The van der Waals surface area contributed by atoms with E-state index in [1.807, 2.05) is 0 Å². The van der Waals surface area contributed by atoms with E-state index >= 15 is 0 Å². The Morgan fingerprint density at radius 2 is 1.63 bits per heavy atom. The van der Waals surface area contributed by atoms with Gasteiger partial charge in [0.15, 0.2) is 17.3 Å². The third-order valence-corrected chi connectivity index (χ3v) is 2.62. The van der Waals surface area contributed by atoms with E-state index in [9.17, 15) is 9.18 Å². The number of carbonyl (C=O) groups excluding carboxylic acids is 1. The molecule has 0 heterocycles. The molecule has 4 heteroatoms. The summed E-state index contributed by atoms with van der Waals surface area (Å²) in [5.74, 6) is 0.0557. The molecule has 0 aliphatic carbocycles. The van der Waals surface area contributed by atoms with E-state index in [-0.39, 0.29) is 17.3 Å². The van der Waals surface area contributed by atoms with E-state index < -0.39 is 5.82 Å². The Labute approximate surface area is 110 Å². The van der Waals surface area contributed by atoms with Gasteiger partial charge in [0, 0.05) is 0 Å². The second-order valence-corrected chi connectivity index (χ2v) is 3.92. The van der Waals surface area contributed by atoms with E-state index in [0.717, 1.165) is 0 Å². The fourth-order valence-corrected chi connectivity index (χ4v) is 1.76. The number of para-hydroxylation sites is 1. The number of methoxy groups -OCH3 is 1. The SMILES string of the molecule is COc1cccc(Oc2ccccc2F)c1C(C)=O. The smallest absolute Gasteiger partial charge is 0.167 e. The lowest BCUT2D eigenvalue weighted by molar-refractivity contribution is 0.101. The number of ketones is 1. The average Bonchev–Trinajstić information content (AvgIpc) is 2.40. The van der Waals surface area contributed by atoms with Crippen molar-refractivity contribution >= 4 is 5.78 Å². The second-order valence-electron chi connectivity index (χ2n) is 3.92. The zero-order valence-corrected chi connectivity index (χ0v) is 10.6. The van der Waals surface area contributed by atoms with Crippen molar-refractivity contribution < 1.29 is 18.7 Å². The number of benzene rings is 2. The molecule has 98 valence electrons. The van der Waals surface area contributed by atoms with Crippen molar-refractivity contribution in [3.05, 3.63) is 53.8 Å². The van der Waals surface area contributed by atoms with Gasteiger partial charge in [-0.1, -0.05) is 18.2 Å². The normalized spacial score (nSPS) is 10.1. The molecule has 19 heavy (non-hydrogen) atoms. The highest BCUT2D eigenvalue weighted by Crippen LogP contribution is 2.33. The molecule has 0 unspecified atom stereocenters. The summed E-state index contributed by atoms with van der Waals surface area (Å²) in [6.45, 7) is 1.41. The maximum absolute atomic E-state index is 13.5. The molecule has 0 atom stereocenters. The Kier molecular flexibility index (Phi) is 3.80. The molecule has 0 aromatic heterocycles. The van der Waals surface area contributed by atoms with Gasteiger partial charge in [0.25, 0.3) is 0 Å². The lowest BCUT2D eigenvalue weighted by atomic mass is 10.1. The first kappa shape index (κ1) is 13.1. The number of Topliss-reactive ketones (excluding diaryl/α,β-unsaturated/α-hetero) is 1. The molecule has 0 spiro atoms. The minimum Gasteiger partial charge on any atom is -0.496 e. The molecule has 0 bridgehead atoms. The molecular weight excluding hydrogens is 247 g/mol. The average molecular weight is 260 g/mol. The van der Waals surface area contributed by atoms with Crippen molar-refractivity contribution in [2.45, 2.75) is 6.92 Å². The number of hydrogen-bond donors (Lipinski definition) is 0. The summed E-state index contributed by atoms with van der Waals surface area (Å²) in [6, 6.07) is 11.0. The molecular formula is C15H13FO3. The third kappa shape index (κ3) is 2.73. The molecule has 0 aliphatic heterocycles. The van der Waals surface area contributed by atoms with Crippen LogP contribution >= 0.6 is 0 Å². The first-order chi connectivity index (χ1) is 9.13. The summed E-state index contributed by atoms with van der Waals surface area (Å²) in [5, 5.41) is 0. The van der Waals surface area contributed by atoms with Crippen LogP contribution in [0.4, 0.5) is 4.39 Å². The highest BCUT2D eigenvalue weighted by molar-refractivity contribution is 5.99. The number of halogens is 1. The van der Waals surface area contributed by atoms with Crippen LogP contribution in [0.5, 0.6) is 17.2 Å². The van der Waals surface area contributed by atoms with Crippen LogP contribution in [-0.2, 0) is 0 Å². The van der Waals surface area contributed by atoms with Crippen LogP contribution in [0.25, 0.3) is 0 Å². The topological polar surface area (TPSA) is 35.5 Å². The summed E-state index contributed by atoms with van der Waals surface area (Å²) in [7, 11) is 1.47. The lowest BCUT2D eigenvalue weighted by Gasteiger charge is -2.12. The van der Waals surface area contributed by atoms with Gasteiger partial charge in [0.2, 0.25) is 0 Å². The summed E-state index contributed by atoms with van der Waals surface area (Å²) < 4.78 is 24.1. The molecule has 2 rings (SSSR count). The minimum atomic E-state index is -0.486. The lowest BCUT2D eigenvalue weighted by Crippen LogP contribution is -2.01. The van der Waals surface area contributed by atoms with Gasteiger partial charge in [-0.3, -0.25) is 4.79 Å². The predicted molar refractivity (Wildman–Crippen MR) is 69.5 cm³/mol. The number of ether oxygens (including phenoxy) is 2. The Morgan fingerprint density at radius 3 is 2.26 bits per heavy atom. The largest absolute Gasteiger partial charge is 0.496 e. The summed E-state index contributed by atoms with van der Waals surface area (Å²) in [4.78, 5) is 11.7. The number of carbonyl (C=O) groups is 1. The van der Waals surface area contributed by atoms with Crippen molar-refractivity contribution in [3.8, 4) is 17.2 Å². The Morgan fingerprint density at radius 1 is 1.00 bits per heavy atom. The maximum atomic E-state index is 13.5. The zero-order valence-electron chi connectivity index (χ0n) is 10.6. The van der Waals surface area contributed by atoms with E-state index in [2.05, 4.69) is 0 Å². The van der Waals surface area contributed by atoms with Gasteiger partial charge >= 0.3 is 0 Å². The van der Waals surface area contributed by atoms with E-state index in [1.165, 1.54) is 26.2 Å². The van der Waals surface area contributed by atoms with Gasteiger partial charge in [-0.05, 0) is 31.2 Å². The molecule has 0 aliphatic rings. The monoisotopic (exact) mass is 260 g/mol. The molecule has 2 aromatic carbocycles. The molecule has 3 nitrogen and oxygen atoms in total. The molecule has 0 N–H and O–H groups in total. The van der Waals surface area contributed by atoms with Crippen molar-refractivity contribution in [2.24, 2.45) is 0 Å². The van der Waals surface area contributed by atoms with E-state index in [0.29, 0.717) is 11.3 Å². The van der Waals surface area contributed by atoms with Crippen LogP contribution in [0.15, 0.2) is 42.5 Å².